The van der Waals surface area contributed by atoms with Gasteiger partial charge in [-0.25, -0.2) is 0 Å². The summed E-state index contributed by atoms with van der Waals surface area (Å²) in [7, 11) is 7.55. The highest BCUT2D eigenvalue weighted by Crippen LogP contribution is 2.48. The van der Waals surface area contributed by atoms with Crippen molar-refractivity contribution in [2.24, 2.45) is 0 Å². The molecule has 1 saturated heterocycles. The van der Waals surface area contributed by atoms with Crippen molar-refractivity contribution in [2.75, 3.05) is 41.3 Å². The highest BCUT2D eigenvalue weighted by molar-refractivity contribution is 5.94. The lowest BCUT2D eigenvalue weighted by molar-refractivity contribution is 0.0827. The number of likely N-dealkylation sites (tertiary alicyclic amines) is 1. The summed E-state index contributed by atoms with van der Waals surface area (Å²) < 4.78 is 6.35. The Labute approximate surface area is 267 Å². The number of amides is 1. The zero-order chi connectivity index (χ0) is 32.5. The van der Waals surface area contributed by atoms with Gasteiger partial charge in [0.1, 0.15) is 11.5 Å². The third-order valence-electron chi connectivity index (χ3n) is 9.29. The molecule has 45 heavy (non-hydrogen) atoms. The van der Waals surface area contributed by atoms with Crippen LogP contribution in [0.3, 0.4) is 0 Å². The Morgan fingerprint density at radius 1 is 1.09 bits per heavy atom. The van der Waals surface area contributed by atoms with Gasteiger partial charge in [-0.2, -0.15) is 5.26 Å². The van der Waals surface area contributed by atoms with Crippen LogP contribution in [0.15, 0.2) is 59.7 Å². The maximum absolute atomic E-state index is 13.1. The van der Waals surface area contributed by atoms with Crippen molar-refractivity contribution in [1.82, 2.24) is 30.2 Å². The number of carbonyl (C=O) groups excluding carboxylic acids is 1. The van der Waals surface area contributed by atoms with E-state index < -0.39 is 5.41 Å². The Morgan fingerprint density at radius 2 is 1.73 bits per heavy atom. The number of aromatic nitrogens is 2. The van der Waals surface area contributed by atoms with Crippen molar-refractivity contribution < 1.29 is 9.21 Å². The van der Waals surface area contributed by atoms with Gasteiger partial charge in [-0.15, -0.1) is 10.2 Å². The molecule has 5 rings (SSSR count). The molecule has 1 N–H and O–H groups in total. The number of hydrogen-bond donors (Lipinski definition) is 1. The molecule has 2 aromatic carbocycles. The molecular weight excluding hydrogens is 562 g/mol. The van der Waals surface area contributed by atoms with Crippen molar-refractivity contribution in [1.29, 1.82) is 5.26 Å². The normalized spacial score (nSPS) is 19.6. The molecule has 1 fully saturated rings. The predicted octanol–water partition coefficient (Wildman–Crippen LogP) is 4.92. The summed E-state index contributed by atoms with van der Waals surface area (Å²) in [5.41, 5.74) is 7.25. The number of aryl methyl sites for hydroxylation is 3. The Balaban J connectivity index is 1.63. The van der Waals surface area contributed by atoms with E-state index in [2.05, 4.69) is 70.8 Å². The van der Waals surface area contributed by atoms with Crippen LogP contribution < -0.4 is 5.32 Å². The van der Waals surface area contributed by atoms with E-state index in [9.17, 15) is 10.1 Å². The molecule has 1 aliphatic carbocycles. The van der Waals surface area contributed by atoms with Crippen LogP contribution >= 0.6 is 0 Å². The Morgan fingerprint density at radius 3 is 2.31 bits per heavy atom. The number of carbonyl (C=O) groups is 1. The largest absolute Gasteiger partial charge is 0.424 e. The average molecular weight is 608 g/mol. The quantitative estimate of drug-likeness (QED) is 0.347. The molecule has 236 valence electrons. The molecule has 9 nitrogen and oxygen atoms in total. The van der Waals surface area contributed by atoms with Crippen LogP contribution in [0.2, 0.25) is 0 Å². The first-order valence-electron chi connectivity index (χ1n) is 15.7. The third-order valence-corrected chi connectivity index (χ3v) is 9.29. The highest BCUT2D eigenvalue weighted by atomic mass is 16.4. The van der Waals surface area contributed by atoms with Crippen molar-refractivity contribution in [2.45, 2.75) is 63.5 Å². The zero-order valence-corrected chi connectivity index (χ0v) is 27.5. The van der Waals surface area contributed by atoms with E-state index in [1.165, 1.54) is 5.56 Å². The summed E-state index contributed by atoms with van der Waals surface area (Å²) in [6, 6.07) is 14.9. The van der Waals surface area contributed by atoms with Gasteiger partial charge in [-0.05, 0) is 85.0 Å². The summed E-state index contributed by atoms with van der Waals surface area (Å²) in [5, 5.41) is 22.3. The lowest BCUT2D eigenvalue weighted by Crippen LogP contribution is -2.41. The van der Waals surface area contributed by atoms with Crippen LogP contribution in [0.5, 0.6) is 0 Å². The van der Waals surface area contributed by atoms with Crippen LogP contribution in [0.4, 0.5) is 0 Å². The van der Waals surface area contributed by atoms with Crippen LogP contribution in [-0.2, 0) is 18.3 Å². The first kappa shape index (κ1) is 32.0. The van der Waals surface area contributed by atoms with Gasteiger partial charge in [-0.1, -0.05) is 31.4 Å². The van der Waals surface area contributed by atoms with Gasteiger partial charge in [0.15, 0.2) is 0 Å². The van der Waals surface area contributed by atoms with Gasteiger partial charge in [0.05, 0.1) is 6.07 Å². The number of nitrogens with zero attached hydrogens (tertiary/aromatic N) is 6. The minimum absolute atomic E-state index is 0.00426. The molecule has 0 bridgehead atoms. The average Bonchev–Trinajstić information content (AvgIpc) is 3.67. The molecule has 1 aromatic heterocycles. The van der Waals surface area contributed by atoms with Crippen LogP contribution in [0.25, 0.3) is 5.70 Å². The SMILES string of the molecule is C=C(c1ccc2c(c1)CCc1cc(C(=O)N(C)C)ccc1C2(C[C@H](C)NCC(=C)N1CCCC1C#N)c1nnc(C)o1)N(C)C. The fraction of sp³-hybridized carbons (Fsp3) is 0.444. The topological polar surface area (TPSA) is 102 Å². The first-order chi connectivity index (χ1) is 21.5. The van der Waals surface area contributed by atoms with Gasteiger partial charge >= 0.3 is 0 Å². The van der Waals surface area contributed by atoms with E-state index in [1.54, 1.807) is 19.0 Å². The van der Waals surface area contributed by atoms with Gasteiger partial charge < -0.3 is 24.4 Å². The van der Waals surface area contributed by atoms with Gasteiger partial charge in [-0.3, -0.25) is 4.79 Å². The van der Waals surface area contributed by atoms with E-state index in [1.807, 2.05) is 38.1 Å². The summed E-state index contributed by atoms with van der Waals surface area (Å²) in [6.45, 7) is 14.0. The standard InChI is InChI=1S/C36H45N7O2/c1-23(38-22-24(2)43-17-9-10-31(43)21-37)20-36(35-40-39-26(4)45-35)32-15-13-27(25(3)41(5)6)18-28(32)11-12-29-19-30(14-16-33(29)36)34(44)42(7)8/h13-16,18-19,23,31,38H,2-3,9-12,17,20,22H2,1,4-8H3/t23-,31?,36?/m0/s1. The second-order valence-corrected chi connectivity index (χ2v) is 12.8. The second-order valence-electron chi connectivity index (χ2n) is 12.8. The lowest BCUT2D eigenvalue weighted by atomic mass is 9.68. The molecule has 3 atom stereocenters. The van der Waals surface area contributed by atoms with E-state index in [-0.39, 0.29) is 18.0 Å². The monoisotopic (exact) mass is 607 g/mol. The molecule has 2 aliphatic rings. The smallest absolute Gasteiger partial charge is 0.253 e. The Kier molecular flexibility index (Phi) is 9.17. The summed E-state index contributed by atoms with van der Waals surface area (Å²) in [5.74, 6) is 1.00. The first-order valence-corrected chi connectivity index (χ1v) is 15.7. The molecular formula is C36H45N7O2. The summed E-state index contributed by atoms with van der Waals surface area (Å²) >= 11 is 0. The predicted molar refractivity (Wildman–Crippen MR) is 177 cm³/mol. The number of fused-ring (bicyclic) bond motifs is 2. The second kappa shape index (κ2) is 12.9. The maximum Gasteiger partial charge on any atom is 0.253 e. The van der Waals surface area contributed by atoms with Crippen molar-refractivity contribution >= 4 is 11.6 Å². The minimum Gasteiger partial charge on any atom is -0.424 e. The van der Waals surface area contributed by atoms with Crippen molar-refractivity contribution in [3.05, 3.63) is 100 Å². The molecule has 2 heterocycles. The molecule has 0 radical (unpaired) electrons. The van der Waals surface area contributed by atoms with E-state index in [4.69, 9.17) is 4.42 Å². The minimum atomic E-state index is -0.781. The third kappa shape index (κ3) is 6.12. The van der Waals surface area contributed by atoms with Crippen molar-refractivity contribution in [3.8, 4) is 6.07 Å². The van der Waals surface area contributed by atoms with E-state index >= 15 is 0 Å². The number of nitrogens with one attached hydrogen (secondary N) is 1. The highest BCUT2D eigenvalue weighted by Gasteiger charge is 2.46. The summed E-state index contributed by atoms with van der Waals surface area (Å²) in [6.07, 6.45) is 4.04. The van der Waals surface area contributed by atoms with E-state index in [0.29, 0.717) is 30.3 Å². The zero-order valence-electron chi connectivity index (χ0n) is 27.5. The number of hydrogen-bond acceptors (Lipinski definition) is 8. The van der Waals surface area contributed by atoms with Gasteiger partial charge in [0.2, 0.25) is 11.8 Å². The fourth-order valence-electron chi connectivity index (χ4n) is 6.89. The van der Waals surface area contributed by atoms with Gasteiger partial charge in [0.25, 0.3) is 5.91 Å². The van der Waals surface area contributed by atoms with Crippen LogP contribution in [0, 0.1) is 18.3 Å². The van der Waals surface area contributed by atoms with E-state index in [0.717, 1.165) is 65.9 Å². The lowest BCUT2D eigenvalue weighted by Gasteiger charge is -2.36. The Bertz CT molecular complexity index is 1580. The maximum atomic E-state index is 13.1. The molecule has 9 heteroatoms. The fourth-order valence-corrected chi connectivity index (χ4v) is 6.89. The number of benzene rings is 2. The van der Waals surface area contributed by atoms with Crippen molar-refractivity contribution in [3.63, 3.8) is 0 Å². The molecule has 1 aliphatic heterocycles. The molecule has 3 aromatic rings. The molecule has 1 amide bonds. The van der Waals surface area contributed by atoms with Crippen LogP contribution in [-0.4, -0.2) is 84.2 Å². The van der Waals surface area contributed by atoms with Crippen LogP contribution in [0.1, 0.15) is 76.1 Å². The van der Waals surface area contributed by atoms with Gasteiger partial charge in [0, 0.05) is 71.2 Å². The number of nitriles is 1. The Hall–Kier alpha value is -4.42. The molecule has 0 saturated carbocycles. The number of rotatable bonds is 10. The molecule has 2 unspecified atom stereocenters. The molecule has 0 spiro atoms. The summed E-state index contributed by atoms with van der Waals surface area (Å²) in [4.78, 5) is 18.8.